The van der Waals surface area contributed by atoms with Gasteiger partial charge in [-0.15, -0.1) is 0 Å². The molecule has 0 radical (unpaired) electrons. The average Bonchev–Trinajstić information content (AvgIpc) is 2.97. The van der Waals surface area contributed by atoms with Crippen molar-refractivity contribution in [3.05, 3.63) is 75.9 Å². The number of aromatic nitrogens is 2. The Kier molecular flexibility index (Phi) is 4.64. The molecule has 0 amide bonds. The number of benzene rings is 2. The SMILES string of the molecule is N#Cc1c(C(=O)c2ccc(C(F)(F)F)cc2)nn(-c2ccc(Cl)cc2)c1N. The molecule has 0 saturated heterocycles. The summed E-state index contributed by atoms with van der Waals surface area (Å²) in [5, 5.41) is 13.9. The van der Waals surface area contributed by atoms with E-state index in [0.717, 1.165) is 24.3 Å². The van der Waals surface area contributed by atoms with Gasteiger partial charge in [-0.25, -0.2) is 4.68 Å². The number of carbonyl (C=O) groups excluding carboxylic acids is 1. The van der Waals surface area contributed by atoms with Crippen LogP contribution in [0, 0.1) is 11.3 Å². The van der Waals surface area contributed by atoms with Gasteiger partial charge in [-0.05, 0) is 36.4 Å². The molecule has 0 aliphatic heterocycles. The standard InChI is InChI=1S/C18H10ClF3N4O/c19-12-5-7-13(8-6-12)26-17(24)14(9-23)15(25-26)16(27)10-1-3-11(4-2-10)18(20,21)22/h1-8H,24H2. The van der Waals surface area contributed by atoms with Crippen LogP contribution >= 0.6 is 11.6 Å². The Labute approximate surface area is 156 Å². The number of nitrogens with zero attached hydrogens (tertiary/aromatic N) is 3. The van der Waals surface area contributed by atoms with Crippen LogP contribution in [-0.2, 0) is 6.18 Å². The summed E-state index contributed by atoms with van der Waals surface area (Å²) < 4.78 is 39.2. The number of ketones is 1. The van der Waals surface area contributed by atoms with Gasteiger partial charge in [0.05, 0.1) is 11.3 Å². The number of halogens is 4. The van der Waals surface area contributed by atoms with E-state index in [9.17, 15) is 23.2 Å². The fraction of sp³-hybridized carbons (Fsp3) is 0.0556. The van der Waals surface area contributed by atoms with Crippen molar-refractivity contribution in [1.29, 1.82) is 5.26 Å². The number of nitriles is 1. The third kappa shape index (κ3) is 3.50. The summed E-state index contributed by atoms with van der Waals surface area (Å²) in [4.78, 5) is 12.7. The Balaban J connectivity index is 2.04. The molecule has 1 heterocycles. The van der Waals surface area contributed by atoms with Gasteiger partial charge in [-0.2, -0.15) is 23.5 Å². The number of nitrogens with two attached hydrogens (primary N) is 1. The van der Waals surface area contributed by atoms with Gasteiger partial charge in [0.1, 0.15) is 17.5 Å². The highest BCUT2D eigenvalue weighted by Gasteiger charge is 2.31. The highest BCUT2D eigenvalue weighted by atomic mass is 35.5. The van der Waals surface area contributed by atoms with E-state index < -0.39 is 17.5 Å². The molecule has 0 saturated carbocycles. The lowest BCUT2D eigenvalue weighted by molar-refractivity contribution is -0.137. The van der Waals surface area contributed by atoms with Gasteiger partial charge in [-0.1, -0.05) is 23.7 Å². The van der Waals surface area contributed by atoms with Crippen LogP contribution in [0.4, 0.5) is 19.0 Å². The normalized spacial score (nSPS) is 11.2. The number of carbonyl (C=O) groups is 1. The zero-order valence-corrected chi connectivity index (χ0v) is 14.2. The van der Waals surface area contributed by atoms with Crippen LogP contribution in [0.25, 0.3) is 5.69 Å². The molecule has 0 fully saturated rings. The predicted octanol–water partition coefficient (Wildman–Crippen LogP) is 4.23. The van der Waals surface area contributed by atoms with Gasteiger partial charge in [0, 0.05) is 10.6 Å². The van der Waals surface area contributed by atoms with E-state index >= 15 is 0 Å². The monoisotopic (exact) mass is 390 g/mol. The number of alkyl halides is 3. The lowest BCUT2D eigenvalue weighted by Gasteiger charge is -2.06. The maximum atomic E-state index is 12.7. The Bertz CT molecular complexity index is 1050. The second-order valence-electron chi connectivity index (χ2n) is 5.51. The fourth-order valence-electron chi connectivity index (χ4n) is 2.43. The van der Waals surface area contributed by atoms with Gasteiger partial charge in [0.2, 0.25) is 5.78 Å². The van der Waals surface area contributed by atoms with Crippen molar-refractivity contribution in [3.63, 3.8) is 0 Å². The summed E-state index contributed by atoms with van der Waals surface area (Å²) in [5.41, 5.74) is 5.07. The van der Waals surface area contributed by atoms with E-state index in [0.29, 0.717) is 10.7 Å². The molecule has 0 spiro atoms. The van der Waals surface area contributed by atoms with Crippen LogP contribution in [0.5, 0.6) is 0 Å². The minimum atomic E-state index is -4.51. The molecule has 0 aliphatic rings. The summed E-state index contributed by atoms with van der Waals surface area (Å²) in [6.45, 7) is 0. The highest BCUT2D eigenvalue weighted by molar-refractivity contribution is 6.30. The zero-order chi connectivity index (χ0) is 19.8. The lowest BCUT2D eigenvalue weighted by Crippen LogP contribution is -2.08. The van der Waals surface area contributed by atoms with E-state index in [2.05, 4.69) is 5.10 Å². The number of hydrogen-bond acceptors (Lipinski definition) is 4. The van der Waals surface area contributed by atoms with Crippen LogP contribution in [0.15, 0.2) is 48.5 Å². The third-order valence-corrected chi connectivity index (χ3v) is 4.05. The lowest BCUT2D eigenvalue weighted by atomic mass is 10.0. The van der Waals surface area contributed by atoms with Crippen molar-refractivity contribution >= 4 is 23.2 Å². The van der Waals surface area contributed by atoms with Crippen LogP contribution in [0.1, 0.15) is 27.2 Å². The van der Waals surface area contributed by atoms with Crippen molar-refractivity contribution in [2.24, 2.45) is 0 Å². The Hall–Kier alpha value is -3.31. The van der Waals surface area contributed by atoms with Crippen molar-refractivity contribution in [3.8, 4) is 11.8 Å². The molecular weight excluding hydrogens is 381 g/mol. The first-order chi connectivity index (χ1) is 12.7. The molecule has 2 N–H and O–H groups in total. The molecule has 1 aromatic heterocycles. The van der Waals surface area contributed by atoms with Gasteiger partial charge in [0.15, 0.2) is 5.69 Å². The third-order valence-electron chi connectivity index (χ3n) is 3.79. The van der Waals surface area contributed by atoms with Crippen LogP contribution in [0.3, 0.4) is 0 Å². The molecule has 27 heavy (non-hydrogen) atoms. The summed E-state index contributed by atoms with van der Waals surface area (Å²) in [6, 6.07) is 11.8. The van der Waals surface area contributed by atoms with Crippen molar-refractivity contribution in [2.45, 2.75) is 6.18 Å². The molecule has 5 nitrogen and oxygen atoms in total. The first-order valence-electron chi connectivity index (χ1n) is 7.49. The molecule has 0 atom stereocenters. The minimum Gasteiger partial charge on any atom is -0.382 e. The second kappa shape index (κ2) is 6.78. The molecule has 3 rings (SSSR count). The highest BCUT2D eigenvalue weighted by Crippen LogP contribution is 2.30. The largest absolute Gasteiger partial charge is 0.416 e. The van der Waals surface area contributed by atoms with E-state index in [-0.39, 0.29) is 22.6 Å². The molecule has 9 heteroatoms. The van der Waals surface area contributed by atoms with Gasteiger partial charge < -0.3 is 5.73 Å². The quantitative estimate of drug-likeness (QED) is 0.678. The maximum Gasteiger partial charge on any atom is 0.416 e. The van der Waals surface area contributed by atoms with Crippen LogP contribution in [0.2, 0.25) is 5.02 Å². The topological polar surface area (TPSA) is 84.7 Å². The summed E-state index contributed by atoms with van der Waals surface area (Å²) in [7, 11) is 0. The molecule has 136 valence electrons. The predicted molar refractivity (Wildman–Crippen MR) is 92.6 cm³/mol. The zero-order valence-electron chi connectivity index (χ0n) is 13.5. The summed E-state index contributed by atoms with van der Waals surface area (Å²) >= 11 is 5.83. The first kappa shape index (κ1) is 18.5. The van der Waals surface area contributed by atoms with Gasteiger partial charge in [0.25, 0.3) is 0 Å². The Morgan fingerprint density at radius 3 is 2.22 bits per heavy atom. The minimum absolute atomic E-state index is 0.0414. The van der Waals surface area contributed by atoms with Crippen molar-refractivity contribution in [2.75, 3.05) is 5.73 Å². The molecule has 3 aromatic rings. The molecule has 0 bridgehead atoms. The molecule has 0 unspecified atom stereocenters. The van der Waals surface area contributed by atoms with Gasteiger partial charge in [-0.3, -0.25) is 4.79 Å². The van der Waals surface area contributed by atoms with Gasteiger partial charge >= 0.3 is 6.18 Å². The maximum absolute atomic E-state index is 12.7. The van der Waals surface area contributed by atoms with E-state index in [1.165, 1.54) is 4.68 Å². The summed E-state index contributed by atoms with van der Waals surface area (Å²) in [6.07, 6.45) is -4.51. The number of rotatable bonds is 3. The van der Waals surface area contributed by atoms with E-state index in [1.54, 1.807) is 24.3 Å². The van der Waals surface area contributed by atoms with E-state index in [1.807, 2.05) is 6.07 Å². The molecule has 0 aliphatic carbocycles. The molecular formula is C18H10ClF3N4O. The Morgan fingerprint density at radius 2 is 1.70 bits per heavy atom. The summed E-state index contributed by atoms with van der Waals surface area (Å²) in [5.74, 6) is -0.769. The van der Waals surface area contributed by atoms with Crippen LogP contribution < -0.4 is 5.73 Å². The first-order valence-corrected chi connectivity index (χ1v) is 7.86. The van der Waals surface area contributed by atoms with E-state index in [4.69, 9.17) is 17.3 Å². The van der Waals surface area contributed by atoms with Crippen molar-refractivity contribution in [1.82, 2.24) is 9.78 Å². The number of nitrogen functional groups attached to an aromatic ring is 1. The smallest absolute Gasteiger partial charge is 0.382 e. The Morgan fingerprint density at radius 1 is 1.11 bits per heavy atom. The number of anilines is 1. The van der Waals surface area contributed by atoms with Crippen molar-refractivity contribution < 1.29 is 18.0 Å². The second-order valence-corrected chi connectivity index (χ2v) is 5.95. The number of hydrogen-bond donors (Lipinski definition) is 1. The fourth-order valence-corrected chi connectivity index (χ4v) is 2.55. The molecule has 2 aromatic carbocycles. The van der Waals surface area contributed by atoms with Crippen LogP contribution in [-0.4, -0.2) is 15.6 Å². The average molecular weight is 391 g/mol.